The van der Waals surface area contributed by atoms with Crippen molar-refractivity contribution in [2.75, 3.05) is 13.7 Å². The van der Waals surface area contributed by atoms with Gasteiger partial charge in [-0.05, 0) is 91.2 Å². The normalized spacial score (nSPS) is 27.4. The molecule has 0 aromatic heterocycles. The van der Waals surface area contributed by atoms with Crippen LogP contribution in [0.15, 0.2) is 42.5 Å². The van der Waals surface area contributed by atoms with Gasteiger partial charge in [-0.3, -0.25) is 0 Å². The highest BCUT2D eigenvalue weighted by atomic mass is 16.5. The molecule has 0 saturated heterocycles. The molecular weight excluding hydrogens is 334 g/mol. The lowest BCUT2D eigenvalue weighted by atomic mass is 9.79. The van der Waals surface area contributed by atoms with E-state index in [1.54, 1.807) is 7.11 Å². The Bertz CT molecular complexity index is 785. The van der Waals surface area contributed by atoms with Crippen LogP contribution in [0.5, 0.6) is 5.75 Å². The Morgan fingerprint density at radius 3 is 2.63 bits per heavy atom. The van der Waals surface area contributed by atoms with E-state index in [0.29, 0.717) is 11.8 Å². The van der Waals surface area contributed by atoms with Gasteiger partial charge >= 0.3 is 0 Å². The van der Waals surface area contributed by atoms with Gasteiger partial charge in [0.2, 0.25) is 0 Å². The average Bonchev–Trinajstić information content (AvgIpc) is 3.11. The molecule has 2 aliphatic carbocycles. The van der Waals surface area contributed by atoms with Gasteiger partial charge in [-0.2, -0.15) is 0 Å². The summed E-state index contributed by atoms with van der Waals surface area (Å²) in [5.41, 5.74) is 11.8. The van der Waals surface area contributed by atoms with E-state index in [4.69, 9.17) is 10.5 Å². The second-order valence-corrected chi connectivity index (χ2v) is 8.65. The maximum Gasteiger partial charge on any atom is 0.118 e. The van der Waals surface area contributed by atoms with E-state index in [2.05, 4.69) is 42.5 Å². The summed E-state index contributed by atoms with van der Waals surface area (Å²) in [5.74, 6) is 2.15. The number of aryl methyl sites for hydroxylation is 1. The molecule has 3 atom stereocenters. The van der Waals surface area contributed by atoms with Crippen LogP contribution in [0.25, 0.3) is 0 Å². The number of fused-ring (bicyclic) bond motifs is 1. The number of nitrogens with two attached hydrogens (primary N) is 1. The highest BCUT2D eigenvalue weighted by Crippen LogP contribution is 2.40. The van der Waals surface area contributed by atoms with Gasteiger partial charge in [0.25, 0.3) is 0 Å². The Labute approximate surface area is 162 Å². The Kier molecular flexibility index (Phi) is 5.25. The minimum atomic E-state index is -0.371. The number of methoxy groups -OCH3 is 1. The van der Waals surface area contributed by atoms with E-state index < -0.39 is 0 Å². The van der Waals surface area contributed by atoms with Gasteiger partial charge in [0.1, 0.15) is 5.75 Å². The largest absolute Gasteiger partial charge is 0.497 e. The molecule has 144 valence electrons. The van der Waals surface area contributed by atoms with Crippen LogP contribution in [-0.2, 0) is 19.3 Å². The lowest BCUT2D eigenvalue weighted by Gasteiger charge is -2.26. The first-order valence-electron chi connectivity index (χ1n) is 10.2. The van der Waals surface area contributed by atoms with Crippen molar-refractivity contribution in [3.63, 3.8) is 0 Å². The van der Waals surface area contributed by atoms with E-state index in [9.17, 15) is 5.11 Å². The number of ether oxygens (including phenoxy) is 1. The highest BCUT2D eigenvalue weighted by molar-refractivity contribution is 5.37. The maximum atomic E-state index is 9.53. The summed E-state index contributed by atoms with van der Waals surface area (Å²) in [6.45, 7) is 0.0987. The van der Waals surface area contributed by atoms with E-state index in [-0.39, 0.29) is 12.1 Å². The first kappa shape index (κ1) is 18.5. The molecule has 3 nitrogen and oxygen atoms in total. The third-order valence-electron chi connectivity index (χ3n) is 6.67. The smallest absolute Gasteiger partial charge is 0.118 e. The fourth-order valence-electron chi connectivity index (χ4n) is 4.96. The van der Waals surface area contributed by atoms with Crippen molar-refractivity contribution in [2.45, 2.75) is 56.4 Å². The second kappa shape index (κ2) is 7.65. The molecule has 1 saturated carbocycles. The summed E-state index contributed by atoms with van der Waals surface area (Å²) in [5, 5.41) is 9.53. The molecule has 0 amide bonds. The Morgan fingerprint density at radius 2 is 1.93 bits per heavy atom. The van der Waals surface area contributed by atoms with Crippen LogP contribution < -0.4 is 10.5 Å². The summed E-state index contributed by atoms with van der Waals surface area (Å²) < 4.78 is 5.26. The van der Waals surface area contributed by atoms with Gasteiger partial charge in [-0.1, -0.05) is 30.3 Å². The number of hydrogen-bond acceptors (Lipinski definition) is 3. The third-order valence-corrected chi connectivity index (χ3v) is 6.67. The lowest BCUT2D eigenvalue weighted by molar-refractivity contribution is 0.198. The molecule has 2 aliphatic rings. The molecule has 0 spiro atoms. The van der Waals surface area contributed by atoms with Crippen LogP contribution in [-0.4, -0.2) is 24.4 Å². The van der Waals surface area contributed by atoms with E-state index >= 15 is 0 Å². The van der Waals surface area contributed by atoms with E-state index in [1.165, 1.54) is 41.5 Å². The van der Waals surface area contributed by atoms with Crippen molar-refractivity contribution < 1.29 is 9.84 Å². The van der Waals surface area contributed by atoms with Crippen LogP contribution in [0.3, 0.4) is 0 Å². The number of benzene rings is 2. The van der Waals surface area contributed by atoms with Crippen LogP contribution in [0.2, 0.25) is 0 Å². The number of hydrogen-bond donors (Lipinski definition) is 2. The first-order chi connectivity index (χ1) is 13.1. The minimum absolute atomic E-state index is 0.0987. The molecule has 0 unspecified atom stereocenters. The summed E-state index contributed by atoms with van der Waals surface area (Å²) in [7, 11) is 1.71. The monoisotopic (exact) mass is 365 g/mol. The Balaban J connectivity index is 1.41. The van der Waals surface area contributed by atoms with Crippen molar-refractivity contribution >= 4 is 0 Å². The van der Waals surface area contributed by atoms with Gasteiger partial charge in [-0.15, -0.1) is 0 Å². The molecule has 0 aliphatic heterocycles. The predicted molar refractivity (Wildman–Crippen MR) is 109 cm³/mol. The second-order valence-electron chi connectivity index (χ2n) is 8.65. The molecule has 3 heteroatoms. The van der Waals surface area contributed by atoms with Crippen molar-refractivity contribution in [2.24, 2.45) is 11.7 Å². The first-order valence-corrected chi connectivity index (χ1v) is 10.2. The molecule has 0 radical (unpaired) electrons. The standard InChI is InChI=1S/C24H31NO2/c1-27-23-8-3-17(4-9-23)12-18-2-5-20-14-21(7-6-19(20)13-18)22-10-11-24(25,15-22)16-26/h3-4,6-9,14,18,22,26H,2,5,10-13,15-16,25H2,1H3/t18-,22-,24+/m0/s1. The molecule has 0 heterocycles. The number of aliphatic hydroxyl groups excluding tert-OH is 1. The summed E-state index contributed by atoms with van der Waals surface area (Å²) >= 11 is 0. The van der Waals surface area contributed by atoms with Crippen molar-refractivity contribution in [3.8, 4) is 5.75 Å². The van der Waals surface area contributed by atoms with Gasteiger partial charge in [0.15, 0.2) is 0 Å². The Morgan fingerprint density at radius 1 is 1.11 bits per heavy atom. The van der Waals surface area contributed by atoms with Crippen molar-refractivity contribution in [1.82, 2.24) is 0 Å². The van der Waals surface area contributed by atoms with Gasteiger partial charge in [0.05, 0.1) is 13.7 Å². The van der Waals surface area contributed by atoms with Crippen LogP contribution >= 0.6 is 0 Å². The molecule has 0 bridgehead atoms. The summed E-state index contributed by atoms with van der Waals surface area (Å²) in [6, 6.07) is 15.6. The van der Waals surface area contributed by atoms with Crippen LogP contribution in [0.4, 0.5) is 0 Å². The molecule has 4 rings (SSSR count). The minimum Gasteiger partial charge on any atom is -0.497 e. The molecule has 1 fully saturated rings. The molecule has 3 N–H and O–H groups in total. The molecule has 27 heavy (non-hydrogen) atoms. The number of aliphatic hydroxyl groups is 1. The zero-order chi connectivity index (χ0) is 18.9. The van der Waals surface area contributed by atoms with E-state index in [1.807, 2.05) is 0 Å². The van der Waals surface area contributed by atoms with E-state index in [0.717, 1.165) is 31.4 Å². The maximum absolute atomic E-state index is 9.53. The average molecular weight is 366 g/mol. The third kappa shape index (κ3) is 4.04. The van der Waals surface area contributed by atoms with Gasteiger partial charge in [0, 0.05) is 5.54 Å². The van der Waals surface area contributed by atoms with Crippen molar-refractivity contribution in [3.05, 3.63) is 64.7 Å². The fraction of sp³-hybridized carbons (Fsp3) is 0.500. The van der Waals surface area contributed by atoms with Crippen molar-refractivity contribution in [1.29, 1.82) is 0 Å². The van der Waals surface area contributed by atoms with Gasteiger partial charge in [-0.25, -0.2) is 0 Å². The zero-order valence-corrected chi connectivity index (χ0v) is 16.3. The molecule has 2 aromatic rings. The Hall–Kier alpha value is -1.84. The van der Waals surface area contributed by atoms with Crippen LogP contribution in [0, 0.1) is 5.92 Å². The zero-order valence-electron chi connectivity index (χ0n) is 16.3. The predicted octanol–water partition coefficient (Wildman–Crippen LogP) is 4.00. The van der Waals surface area contributed by atoms with Gasteiger partial charge < -0.3 is 15.6 Å². The number of rotatable bonds is 5. The topological polar surface area (TPSA) is 55.5 Å². The quantitative estimate of drug-likeness (QED) is 0.842. The fourth-order valence-corrected chi connectivity index (χ4v) is 4.96. The summed E-state index contributed by atoms with van der Waals surface area (Å²) in [4.78, 5) is 0. The lowest BCUT2D eigenvalue weighted by Crippen LogP contribution is -2.40. The summed E-state index contributed by atoms with van der Waals surface area (Å²) in [6.07, 6.45) is 7.66. The molecular formula is C24H31NO2. The van der Waals surface area contributed by atoms with Crippen LogP contribution in [0.1, 0.15) is 53.9 Å². The molecule has 2 aromatic carbocycles. The highest BCUT2D eigenvalue weighted by Gasteiger charge is 2.36. The SMILES string of the molecule is COc1ccc(C[C@@H]2CCc3cc([C@H]4CC[C@](N)(CO)C4)ccc3C2)cc1.